The van der Waals surface area contributed by atoms with Gasteiger partial charge in [-0.1, -0.05) is 29.8 Å². The molecule has 0 unspecified atom stereocenters. The summed E-state index contributed by atoms with van der Waals surface area (Å²) in [5.41, 5.74) is 1.37. The molecule has 4 heteroatoms. The SMILES string of the molecule is Cc1o[nH]c(=O)c1Cc1ccccc1Cl. The minimum atomic E-state index is -0.188. The van der Waals surface area contributed by atoms with E-state index in [0.717, 1.165) is 5.56 Å². The fourth-order valence-corrected chi connectivity index (χ4v) is 1.65. The van der Waals surface area contributed by atoms with Gasteiger partial charge >= 0.3 is 0 Å². The van der Waals surface area contributed by atoms with Gasteiger partial charge in [-0.3, -0.25) is 4.79 Å². The van der Waals surface area contributed by atoms with Crippen molar-refractivity contribution in [2.45, 2.75) is 13.3 Å². The second-order valence-corrected chi connectivity index (χ2v) is 3.74. The molecule has 0 atom stereocenters. The molecule has 2 rings (SSSR count). The lowest BCUT2D eigenvalue weighted by Crippen LogP contribution is -2.06. The van der Waals surface area contributed by atoms with Crippen LogP contribution in [-0.2, 0) is 6.42 Å². The van der Waals surface area contributed by atoms with Gasteiger partial charge in [0.05, 0.1) is 5.56 Å². The number of aromatic nitrogens is 1. The minimum absolute atomic E-state index is 0.188. The fraction of sp³-hybridized carbons (Fsp3) is 0.182. The number of aryl methyl sites for hydroxylation is 1. The molecular formula is C11H10ClNO2. The fourth-order valence-electron chi connectivity index (χ4n) is 1.44. The molecule has 0 amide bonds. The van der Waals surface area contributed by atoms with Crippen LogP contribution in [0.5, 0.6) is 0 Å². The van der Waals surface area contributed by atoms with Crippen molar-refractivity contribution in [3.8, 4) is 0 Å². The van der Waals surface area contributed by atoms with Crippen LogP contribution in [0.2, 0.25) is 5.02 Å². The van der Waals surface area contributed by atoms with Gasteiger partial charge in [-0.15, -0.1) is 0 Å². The molecule has 0 radical (unpaired) electrons. The number of halogens is 1. The van der Waals surface area contributed by atoms with Gasteiger partial charge in [-0.2, -0.15) is 5.16 Å². The number of H-pyrrole nitrogens is 1. The molecule has 0 fully saturated rings. The van der Waals surface area contributed by atoms with E-state index < -0.39 is 0 Å². The molecular weight excluding hydrogens is 214 g/mol. The number of rotatable bonds is 2. The van der Waals surface area contributed by atoms with Crippen LogP contribution in [-0.4, -0.2) is 5.16 Å². The van der Waals surface area contributed by atoms with E-state index in [4.69, 9.17) is 16.1 Å². The van der Waals surface area contributed by atoms with Crippen molar-refractivity contribution in [2.75, 3.05) is 0 Å². The maximum atomic E-state index is 11.4. The number of aromatic amines is 1. The Morgan fingerprint density at radius 3 is 2.73 bits per heavy atom. The summed E-state index contributed by atoms with van der Waals surface area (Å²) >= 11 is 6.00. The van der Waals surface area contributed by atoms with E-state index in [9.17, 15) is 4.79 Å². The Kier molecular flexibility index (Phi) is 2.64. The molecule has 2 aromatic rings. The van der Waals surface area contributed by atoms with Crippen molar-refractivity contribution in [3.05, 3.63) is 56.5 Å². The Morgan fingerprint density at radius 2 is 2.13 bits per heavy atom. The molecule has 3 nitrogen and oxygen atoms in total. The maximum absolute atomic E-state index is 11.4. The average molecular weight is 224 g/mol. The molecule has 0 bridgehead atoms. The Bertz CT molecular complexity index is 527. The van der Waals surface area contributed by atoms with Gasteiger partial charge in [0.25, 0.3) is 5.56 Å². The lowest BCUT2D eigenvalue weighted by atomic mass is 10.1. The number of benzene rings is 1. The van der Waals surface area contributed by atoms with Crippen LogP contribution in [0.1, 0.15) is 16.9 Å². The molecule has 0 spiro atoms. The van der Waals surface area contributed by atoms with Crippen molar-refractivity contribution < 1.29 is 4.52 Å². The summed E-state index contributed by atoms with van der Waals surface area (Å²) in [6.07, 6.45) is 0.497. The van der Waals surface area contributed by atoms with Crippen LogP contribution in [0, 0.1) is 6.92 Å². The van der Waals surface area contributed by atoms with Gasteiger partial charge < -0.3 is 4.52 Å². The second-order valence-electron chi connectivity index (χ2n) is 3.34. The maximum Gasteiger partial charge on any atom is 0.283 e. The van der Waals surface area contributed by atoms with Gasteiger partial charge in [0, 0.05) is 11.4 Å². The predicted octanol–water partition coefficient (Wildman–Crippen LogP) is 2.52. The Balaban J connectivity index is 2.38. The van der Waals surface area contributed by atoms with E-state index in [0.29, 0.717) is 22.8 Å². The van der Waals surface area contributed by atoms with Crippen LogP contribution in [0.25, 0.3) is 0 Å². The molecule has 0 aliphatic rings. The second kappa shape index (κ2) is 3.95. The predicted molar refractivity (Wildman–Crippen MR) is 58.3 cm³/mol. The summed E-state index contributed by atoms with van der Waals surface area (Å²) in [6.45, 7) is 1.75. The molecule has 0 saturated carbocycles. The molecule has 1 aromatic heterocycles. The van der Waals surface area contributed by atoms with Gasteiger partial charge in [0.15, 0.2) is 0 Å². The van der Waals surface area contributed by atoms with Crippen LogP contribution < -0.4 is 5.56 Å². The van der Waals surface area contributed by atoms with Gasteiger partial charge in [0.1, 0.15) is 5.76 Å². The first kappa shape index (κ1) is 10.1. The highest BCUT2D eigenvalue weighted by atomic mass is 35.5. The quantitative estimate of drug-likeness (QED) is 0.851. The standard InChI is InChI=1S/C11H10ClNO2/c1-7-9(11(14)13-15-7)6-8-4-2-3-5-10(8)12/h2-5H,6H2,1H3,(H,13,14). The largest absolute Gasteiger partial charge is 0.384 e. The lowest BCUT2D eigenvalue weighted by molar-refractivity contribution is 0.391. The number of nitrogens with one attached hydrogen (secondary N) is 1. The third-order valence-corrected chi connectivity index (χ3v) is 2.69. The van der Waals surface area contributed by atoms with Crippen molar-refractivity contribution in [2.24, 2.45) is 0 Å². The molecule has 78 valence electrons. The van der Waals surface area contributed by atoms with E-state index in [-0.39, 0.29) is 5.56 Å². The zero-order valence-electron chi connectivity index (χ0n) is 8.21. The Labute approximate surface area is 91.6 Å². The van der Waals surface area contributed by atoms with Crippen LogP contribution in [0.15, 0.2) is 33.6 Å². The third kappa shape index (κ3) is 1.97. The van der Waals surface area contributed by atoms with Gasteiger partial charge in [-0.05, 0) is 18.6 Å². The first-order valence-corrected chi connectivity index (χ1v) is 4.96. The molecule has 15 heavy (non-hydrogen) atoms. The summed E-state index contributed by atoms with van der Waals surface area (Å²) in [6, 6.07) is 7.46. The van der Waals surface area contributed by atoms with E-state index in [1.54, 1.807) is 13.0 Å². The third-order valence-electron chi connectivity index (χ3n) is 2.32. The first-order valence-electron chi connectivity index (χ1n) is 4.59. The van der Waals surface area contributed by atoms with Crippen molar-refractivity contribution in [1.82, 2.24) is 5.16 Å². The normalized spacial score (nSPS) is 10.5. The Morgan fingerprint density at radius 1 is 1.40 bits per heavy atom. The minimum Gasteiger partial charge on any atom is -0.384 e. The summed E-state index contributed by atoms with van der Waals surface area (Å²) in [5.74, 6) is 0.611. The summed E-state index contributed by atoms with van der Waals surface area (Å²) in [4.78, 5) is 11.4. The van der Waals surface area contributed by atoms with Crippen molar-refractivity contribution >= 4 is 11.6 Å². The van der Waals surface area contributed by atoms with Crippen LogP contribution >= 0.6 is 11.6 Å². The highest BCUT2D eigenvalue weighted by Crippen LogP contribution is 2.18. The molecule has 1 N–H and O–H groups in total. The zero-order chi connectivity index (χ0) is 10.8. The molecule has 0 aliphatic heterocycles. The van der Waals surface area contributed by atoms with E-state index in [1.807, 2.05) is 18.2 Å². The van der Waals surface area contributed by atoms with Gasteiger partial charge in [0.2, 0.25) is 0 Å². The number of hydrogen-bond acceptors (Lipinski definition) is 2. The summed E-state index contributed by atoms with van der Waals surface area (Å²) in [7, 11) is 0. The average Bonchev–Trinajstić information content (AvgIpc) is 2.53. The smallest absolute Gasteiger partial charge is 0.283 e. The van der Waals surface area contributed by atoms with Gasteiger partial charge in [-0.25, -0.2) is 0 Å². The molecule has 1 heterocycles. The van der Waals surface area contributed by atoms with E-state index >= 15 is 0 Å². The summed E-state index contributed by atoms with van der Waals surface area (Å²) in [5, 5.41) is 2.97. The first-order chi connectivity index (χ1) is 7.18. The van der Waals surface area contributed by atoms with Crippen LogP contribution in [0.3, 0.4) is 0 Å². The van der Waals surface area contributed by atoms with E-state index in [2.05, 4.69) is 5.16 Å². The molecule has 0 aliphatic carbocycles. The highest BCUT2D eigenvalue weighted by molar-refractivity contribution is 6.31. The molecule has 1 aromatic carbocycles. The Hall–Kier alpha value is -1.48. The van der Waals surface area contributed by atoms with Crippen molar-refractivity contribution in [3.63, 3.8) is 0 Å². The molecule has 0 saturated heterocycles. The highest BCUT2D eigenvalue weighted by Gasteiger charge is 2.10. The monoisotopic (exact) mass is 223 g/mol. The number of hydrogen-bond donors (Lipinski definition) is 1. The topological polar surface area (TPSA) is 46.0 Å². The van der Waals surface area contributed by atoms with Crippen LogP contribution in [0.4, 0.5) is 0 Å². The zero-order valence-corrected chi connectivity index (χ0v) is 8.97. The van der Waals surface area contributed by atoms with E-state index in [1.165, 1.54) is 0 Å². The summed E-state index contributed by atoms with van der Waals surface area (Å²) < 4.78 is 4.93. The van der Waals surface area contributed by atoms with Crippen molar-refractivity contribution in [1.29, 1.82) is 0 Å². The lowest BCUT2D eigenvalue weighted by Gasteiger charge is -2.00.